The van der Waals surface area contributed by atoms with Crippen molar-refractivity contribution in [2.45, 2.75) is 30.6 Å². The van der Waals surface area contributed by atoms with Gasteiger partial charge >= 0.3 is 5.97 Å². The average Bonchev–Trinajstić information content (AvgIpc) is 2.89. The van der Waals surface area contributed by atoms with Crippen LogP contribution in [-0.2, 0) is 11.2 Å². The van der Waals surface area contributed by atoms with Gasteiger partial charge in [0, 0.05) is 36.5 Å². The minimum Gasteiger partial charge on any atom is -0.497 e. The second-order valence-corrected chi connectivity index (χ2v) is 10.3. The summed E-state index contributed by atoms with van der Waals surface area (Å²) in [5.41, 5.74) is 2.03. The van der Waals surface area contributed by atoms with Gasteiger partial charge in [-0.1, -0.05) is 0 Å². The lowest BCUT2D eigenvalue weighted by atomic mass is 9.81. The van der Waals surface area contributed by atoms with Crippen molar-refractivity contribution >= 4 is 28.6 Å². The molecule has 1 aliphatic heterocycles. The zero-order valence-electron chi connectivity index (χ0n) is 20.4. The number of thioether (sulfide) groups is 1. The number of piperidine rings is 1. The fourth-order valence-electron chi connectivity index (χ4n) is 4.94. The smallest absolute Gasteiger partial charge is 0.308 e. The largest absolute Gasteiger partial charge is 0.497 e. The van der Waals surface area contributed by atoms with E-state index in [0.717, 1.165) is 53.2 Å². The number of carbonyl (C=O) groups is 1. The van der Waals surface area contributed by atoms with Gasteiger partial charge in [0.05, 0.1) is 23.4 Å². The molecule has 3 aromatic rings. The van der Waals surface area contributed by atoms with Crippen molar-refractivity contribution < 1.29 is 32.2 Å². The van der Waals surface area contributed by atoms with E-state index < -0.39 is 40.1 Å². The molecule has 2 atom stereocenters. The van der Waals surface area contributed by atoms with Crippen LogP contribution in [0, 0.1) is 35.1 Å². The molecule has 2 aromatic carbocycles. The number of hydrogen-bond acceptors (Lipinski definition) is 5. The second kappa shape index (κ2) is 12.1. The van der Waals surface area contributed by atoms with Gasteiger partial charge in [0.1, 0.15) is 11.6 Å². The number of aryl methyl sites for hydroxylation is 1. The van der Waals surface area contributed by atoms with Gasteiger partial charge in [-0.2, -0.15) is 0 Å². The molecule has 0 bridgehead atoms. The summed E-state index contributed by atoms with van der Waals surface area (Å²) in [7, 11) is 1.62. The van der Waals surface area contributed by atoms with Gasteiger partial charge in [0.2, 0.25) is 0 Å². The fraction of sp³-hybridized carbons (Fsp3) is 0.407. The maximum Gasteiger partial charge on any atom is 0.308 e. The lowest BCUT2D eigenvalue weighted by Gasteiger charge is -2.36. The number of rotatable bonds is 10. The Labute approximate surface area is 216 Å². The number of likely N-dealkylation sites (tertiary alicyclic amines) is 1. The van der Waals surface area contributed by atoms with Gasteiger partial charge < -0.3 is 14.7 Å². The number of pyridine rings is 1. The number of nitrogens with zero attached hydrogens (tertiary/aromatic N) is 2. The minimum atomic E-state index is -1.70. The molecule has 1 N–H and O–H groups in total. The number of hydrogen-bond donors (Lipinski definition) is 1. The molecular formula is C27H28F4N2O3S. The summed E-state index contributed by atoms with van der Waals surface area (Å²) in [6, 6.07) is 8.06. The van der Waals surface area contributed by atoms with E-state index in [-0.39, 0.29) is 11.7 Å². The van der Waals surface area contributed by atoms with E-state index in [1.807, 2.05) is 29.2 Å². The number of carboxylic acids is 1. The summed E-state index contributed by atoms with van der Waals surface area (Å²) in [4.78, 5) is 17.8. The summed E-state index contributed by atoms with van der Waals surface area (Å²) in [6.45, 7) is 1.37. The monoisotopic (exact) mass is 536 g/mol. The Morgan fingerprint density at radius 3 is 2.73 bits per heavy atom. The van der Waals surface area contributed by atoms with Gasteiger partial charge in [-0.3, -0.25) is 9.78 Å². The first-order valence-corrected chi connectivity index (χ1v) is 13.1. The number of carboxylic acid groups (broad SMARTS) is 1. The Morgan fingerprint density at radius 2 is 1.97 bits per heavy atom. The highest BCUT2D eigenvalue weighted by atomic mass is 32.2. The van der Waals surface area contributed by atoms with Crippen molar-refractivity contribution in [3.05, 3.63) is 65.4 Å². The van der Waals surface area contributed by atoms with Crippen LogP contribution in [0.2, 0.25) is 0 Å². The van der Waals surface area contributed by atoms with Crippen molar-refractivity contribution in [3.8, 4) is 5.75 Å². The molecule has 0 radical (unpaired) electrons. The molecule has 10 heteroatoms. The van der Waals surface area contributed by atoms with E-state index >= 15 is 0 Å². The third kappa shape index (κ3) is 6.35. The van der Waals surface area contributed by atoms with Crippen LogP contribution in [0.5, 0.6) is 5.75 Å². The molecule has 198 valence electrons. The van der Waals surface area contributed by atoms with Crippen molar-refractivity contribution in [1.29, 1.82) is 0 Å². The quantitative estimate of drug-likeness (QED) is 0.150. The Bertz CT molecular complexity index is 1280. The van der Waals surface area contributed by atoms with Crippen molar-refractivity contribution in [2.75, 3.05) is 32.5 Å². The Kier molecular flexibility index (Phi) is 8.91. The van der Waals surface area contributed by atoms with E-state index in [0.29, 0.717) is 32.1 Å². The highest BCUT2D eigenvalue weighted by Gasteiger charge is 2.33. The van der Waals surface area contributed by atoms with Crippen LogP contribution in [-0.4, -0.2) is 53.5 Å². The van der Waals surface area contributed by atoms with Crippen LogP contribution in [0.4, 0.5) is 17.6 Å². The zero-order chi connectivity index (χ0) is 26.5. The fourth-order valence-corrected chi connectivity index (χ4v) is 5.90. The van der Waals surface area contributed by atoms with Crippen LogP contribution >= 0.6 is 11.8 Å². The molecule has 1 saturated heterocycles. The molecule has 0 saturated carbocycles. The normalized spacial score (nSPS) is 18.3. The first kappa shape index (κ1) is 27.2. The zero-order valence-corrected chi connectivity index (χ0v) is 21.2. The number of aliphatic carboxylic acids is 1. The summed E-state index contributed by atoms with van der Waals surface area (Å²) in [6.07, 6.45) is 4.86. The summed E-state index contributed by atoms with van der Waals surface area (Å²) < 4.78 is 59.7. The molecule has 0 amide bonds. The molecule has 0 aliphatic carbocycles. The Balaban J connectivity index is 1.31. The lowest BCUT2D eigenvalue weighted by molar-refractivity contribution is -0.146. The van der Waals surface area contributed by atoms with Crippen LogP contribution < -0.4 is 4.74 Å². The number of aromatic nitrogens is 1. The second-order valence-electron chi connectivity index (χ2n) is 9.19. The minimum absolute atomic E-state index is 0.0186. The molecule has 1 aliphatic rings. The Hall–Kier alpha value is -2.85. The molecule has 0 unspecified atom stereocenters. The average molecular weight is 537 g/mol. The highest BCUT2D eigenvalue weighted by Crippen LogP contribution is 2.32. The SMILES string of the molecule is COc1ccc2nccc(CCC[C@@H]3CCN(CCSc4c(F)cc(F)c(F)c4F)C[C@@H]3C(=O)O)c2c1. The molecule has 0 spiro atoms. The van der Waals surface area contributed by atoms with E-state index in [1.165, 1.54) is 0 Å². The molecule has 5 nitrogen and oxygen atoms in total. The van der Waals surface area contributed by atoms with Gasteiger partial charge in [-0.25, -0.2) is 17.6 Å². The number of benzene rings is 2. The Morgan fingerprint density at radius 1 is 1.16 bits per heavy atom. The molecule has 4 rings (SSSR count). The van der Waals surface area contributed by atoms with Crippen LogP contribution in [0.15, 0.2) is 41.4 Å². The van der Waals surface area contributed by atoms with Gasteiger partial charge in [-0.15, -0.1) is 11.8 Å². The lowest BCUT2D eigenvalue weighted by Crippen LogP contribution is -2.44. The van der Waals surface area contributed by atoms with Crippen LogP contribution in [0.1, 0.15) is 24.8 Å². The van der Waals surface area contributed by atoms with Gasteiger partial charge in [0.15, 0.2) is 17.5 Å². The summed E-state index contributed by atoms with van der Waals surface area (Å²) in [5.74, 6) is -6.37. The number of methoxy groups -OCH3 is 1. The van der Waals surface area contributed by atoms with E-state index in [9.17, 15) is 27.5 Å². The summed E-state index contributed by atoms with van der Waals surface area (Å²) in [5, 5.41) is 10.9. The predicted octanol–water partition coefficient (Wildman–Crippen LogP) is 5.94. The number of ether oxygens (including phenoxy) is 1. The molecule has 37 heavy (non-hydrogen) atoms. The third-order valence-corrected chi connectivity index (χ3v) is 7.99. The molecule has 2 heterocycles. The number of fused-ring (bicyclic) bond motifs is 1. The predicted molar refractivity (Wildman–Crippen MR) is 134 cm³/mol. The molecular weight excluding hydrogens is 508 g/mol. The van der Waals surface area contributed by atoms with E-state index in [4.69, 9.17) is 4.74 Å². The maximum atomic E-state index is 13.9. The topological polar surface area (TPSA) is 62.7 Å². The molecule has 1 fully saturated rings. The van der Waals surface area contributed by atoms with Crippen molar-refractivity contribution in [3.63, 3.8) is 0 Å². The van der Waals surface area contributed by atoms with Crippen LogP contribution in [0.3, 0.4) is 0 Å². The maximum absolute atomic E-state index is 13.9. The van der Waals surface area contributed by atoms with E-state index in [1.54, 1.807) is 13.3 Å². The van der Waals surface area contributed by atoms with Gasteiger partial charge in [0.25, 0.3) is 0 Å². The van der Waals surface area contributed by atoms with Crippen molar-refractivity contribution in [1.82, 2.24) is 9.88 Å². The standard InChI is InChI=1S/C27H28F4N2O3S/c1-36-18-5-6-23-19(13-18)16(7-9-32-23)3-2-4-17-8-10-33(15-20(17)27(34)35)11-12-37-26-22(29)14-21(28)24(30)25(26)31/h5-7,9,13-14,17,20H,2-4,8,10-12,15H2,1H3,(H,34,35)/t17-,20+/m1/s1. The number of halogens is 4. The van der Waals surface area contributed by atoms with Crippen molar-refractivity contribution in [2.24, 2.45) is 11.8 Å². The summed E-state index contributed by atoms with van der Waals surface area (Å²) >= 11 is 0.756. The third-order valence-electron chi connectivity index (χ3n) is 6.94. The van der Waals surface area contributed by atoms with E-state index in [2.05, 4.69) is 4.98 Å². The van der Waals surface area contributed by atoms with Crippen LogP contribution in [0.25, 0.3) is 10.9 Å². The first-order chi connectivity index (χ1) is 17.8. The van der Waals surface area contributed by atoms with Gasteiger partial charge in [-0.05, 0) is 68.0 Å². The molecule has 1 aromatic heterocycles. The first-order valence-electron chi connectivity index (χ1n) is 12.1. The highest BCUT2D eigenvalue weighted by molar-refractivity contribution is 7.99.